The first kappa shape index (κ1) is 34.4. The van der Waals surface area contributed by atoms with Crippen LogP contribution in [0.4, 0.5) is 38.7 Å². The summed E-state index contributed by atoms with van der Waals surface area (Å²) in [6.45, 7) is 7.82. The number of benzene rings is 1. The summed E-state index contributed by atoms with van der Waals surface area (Å²) in [5, 5.41) is 12.0. The molecule has 2 saturated heterocycles. The Labute approximate surface area is 263 Å². The maximum absolute atomic E-state index is 15.7. The molecule has 246 valence electrons. The molecule has 0 spiro atoms. The number of thiazole rings is 1. The molecule has 0 aliphatic carbocycles. The first-order chi connectivity index (χ1) is 20.9. The van der Waals surface area contributed by atoms with E-state index in [2.05, 4.69) is 39.0 Å². The second-order valence-corrected chi connectivity index (χ2v) is 12.5. The van der Waals surface area contributed by atoms with Crippen LogP contribution in [0.2, 0.25) is 0 Å². The number of alkyl halides is 3. The number of likely N-dealkylation sites (tertiary alicyclic amines) is 1. The number of nitrogens with one attached hydrogen (secondary N) is 1. The van der Waals surface area contributed by atoms with E-state index in [1.807, 2.05) is 4.90 Å². The van der Waals surface area contributed by atoms with E-state index in [0.717, 1.165) is 42.9 Å². The Morgan fingerprint density at radius 1 is 1.11 bits per heavy atom. The van der Waals surface area contributed by atoms with Crippen LogP contribution in [0.1, 0.15) is 51.0 Å². The number of aromatic nitrogens is 3. The summed E-state index contributed by atoms with van der Waals surface area (Å²) < 4.78 is 70.8. The number of halogens is 5. The van der Waals surface area contributed by atoms with Crippen molar-refractivity contribution >= 4 is 34.1 Å². The van der Waals surface area contributed by atoms with Crippen molar-refractivity contribution in [2.45, 2.75) is 59.3 Å². The number of piperazine rings is 1. The molecule has 2 N–H and O–H groups in total. The Kier molecular flexibility index (Phi) is 11.0. The first-order valence-corrected chi connectivity index (χ1v) is 15.3. The molecule has 5 rings (SSSR count). The molecule has 0 radical (unpaired) electrons. The van der Waals surface area contributed by atoms with E-state index in [4.69, 9.17) is 5.11 Å². The molecule has 1 atom stereocenters. The third-order valence-electron chi connectivity index (χ3n) is 8.04. The molecule has 0 bridgehead atoms. The predicted molar refractivity (Wildman–Crippen MR) is 164 cm³/mol. The molecule has 2 fully saturated rings. The molecule has 9 nitrogen and oxygen atoms in total. The second kappa shape index (κ2) is 14.3. The minimum absolute atomic E-state index is 0. The Balaban J connectivity index is 0.00000461. The molecule has 4 heterocycles. The summed E-state index contributed by atoms with van der Waals surface area (Å²) in [5.41, 5.74) is -0.928. The zero-order valence-corrected chi connectivity index (χ0v) is 25.2. The van der Waals surface area contributed by atoms with Gasteiger partial charge in [-0.2, -0.15) is 17.6 Å². The molecule has 1 aromatic carbocycles. The average Bonchev–Trinajstić information content (AvgIpc) is 3.60. The van der Waals surface area contributed by atoms with Gasteiger partial charge >= 0.3 is 12.1 Å². The number of carbonyl (C=O) groups is 1. The van der Waals surface area contributed by atoms with Crippen molar-refractivity contribution in [3.05, 3.63) is 46.6 Å². The minimum atomic E-state index is -4.74. The summed E-state index contributed by atoms with van der Waals surface area (Å²) in [5.74, 6) is -2.32. The number of rotatable bonds is 10. The van der Waals surface area contributed by atoms with E-state index < -0.39 is 29.3 Å². The lowest BCUT2D eigenvalue weighted by Crippen LogP contribution is -2.47. The Bertz CT molecular complexity index is 1480. The van der Waals surface area contributed by atoms with Gasteiger partial charge in [-0.1, -0.05) is 32.6 Å². The fraction of sp³-hybridized carbons (Fsp3) is 0.533. The van der Waals surface area contributed by atoms with Crippen molar-refractivity contribution in [2.75, 3.05) is 49.5 Å². The zero-order valence-electron chi connectivity index (χ0n) is 24.4. The number of carboxylic acids is 1. The normalized spacial score (nSPS) is 18.0. The van der Waals surface area contributed by atoms with Gasteiger partial charge in [0.05, 0.1) is 17.7 Å². The van der Waals surface area contributed by atoms with Crippen LogP contribution in [0.15, 0.2) is 24.5 Å². The molecule has 0 unspecified atom stereocenters. The highest BCUT2D eigenvalue weighted by molar-refractivity contribution is 7.16. The van der Waals surface area contributed by atoms with Crippen LogP contribution in [0.3, 0.4) is 0 Å². The van der Waals surface area contributed by atoms with E-state index in [-0.39, 0.29) is 47.9 Å². The van der Waals surface area contributed by atoms with Gasteiger partial charge in [0.15, 0.2) is 16.8 Å². The highest BCUT2D eigenvalue weighted by Crippen LogP contribution is 2.39. The van der Waals surface area contributed by atoms with Gasteiger partial charge in [0.25, 0.3) is 0 Å². The van der Waals surface area contributed by atoms with Crippen molar-refractivity contribution in [3.63, 3.8) is 0 Å². The maximum atomic E-state index is 15.7. The topological polar surface area (TPSA) is 97.7 Å². The monoisotopic (exact) mass is 655 g/mol. The van der Waals surface area contributed by atoms with E-state index in [1.54, 1.807) is 4.90 Å². The van der Waals surface area contributed by atoms with Crippen LogP contribution in [-0.4, -0.2) is 81.1 Å². The third-order valence-corrected chi connectivity index (χ3v) is 8.99. The van der Waals surface area contributed by atoms with Crippen LogP contribution < -0.4 is 10.2 Å². The summed E-state index contributed by atoms with van der Waals surface area (Å²) in [6, 6.07) is 2.65. The lowest BCUT2D eigenvalue weighted by molar-refractivity contribution is -0.138. The zero-order chi connectivity index (χ0) is 31.6. The van der Waals surface area contributed by atoms with Gasteiger partial charge in [-0.3, -0.25) is 14.6 Å². The van der Waals surface area contributed by atoms with Gasteiger partial charge in [-0.05, 0) is 43.5 Å². The Morgan fingerprint density at radius 2 is 1.84 bits per heavy atom. The number of aliphatic carboxylic acids is 1. The van der Waals surface area contributed by atoms with Gasteiger partial charge < -0.3 is 15.3 Å². The number of anilines is 3. The molecule has 2 aliphatic rings. The van der Waals surface area contributed by atoms with Gasteiger partial charge in [-0.25, -0.2) is 19.3 Å². The molecule has 2 aliphatic heterocycles. The molecule has 15 heteroatoms. The summed E-state index contributed by atoms with van der Waals surface area (Å²) in [6.07, 6.45) is -1.52. The average molecular weight is 656 g/mol. The Hall–Kier alpha value is -3.43. The van der Waals surface area contributed by atoms with Gasteiger partial charge in [0, 0.05) is 55.8 Å². The summed E-state index contributed by atoms with van der Waals surface area (Å²) in [4.78, 5) is 30.2. The van der Waals surface area contributed by atoms with E-state index in [9.17, 15) is 22.4 Å². The van der Waals surface area contributed by atoms with Gasteiger partial charge in [0.2, 0.25) is 5.82 Å². The molecular formula is C30H38F5N7O2S. The molecule has 2 aromatic heterocycles. The Morgan fingerprint density at radius 3 is 2.51 bits per heavy atom. The lowest BCUT2D eigenvalue weighted by Gasteiger charge is -2.35. The second-order valence-electron chi connectivity index (χ2n) is 11.4. The highest BCUT2D eigenvalue weighted by Gasteiger charge is 2.33. The van der Waals surface area contributed by atoms with E-state index >= 15 is 4.39 Å². The van der Waals surface area contributed by atoms with Crippen LogP contribution in [-0.2, 0) is 17.5 Å². The van der Waals surface area contributed by atoms with Crippen molar-refractivity contribution in [1.29, 1.82) is 0 Å². The number of hydrogen-bond acceptors (Lipinski definition) is 9. The van der Waals surface area contributed by atoms with Crippen molar-refractivity contribution in [3.8, 4) is 11.3 Å². The first-order valence-electron chi connectivity index (χ1n) is 14.5. The molecule has 45 heavy (non-hydrogen) atoms. The molecule has 0 amide bonds. The molecular weight excluding hydrogens is 617 g/mol. The largest absolute Gasteiger partial charge is 0.481 e. The van der Waals surface area contributed by atoms with Crippen LogP contribution >= 0.6 is 11.3 Å². The van der Waals surface area contributed by atoms with Gasteiger partial charge in [0.1, 0.15) is 12.1 Å². The highest BCUT2D eigenvalue weighted by atomic mass is 32.1. The number of hydrogen-bond donors (Lipinski definition) is 2. The fourth-order valence-corrected chi connectivity index (χ4v) is 6.83. The number of carboxylic acid groups (broad SMARTS) is 1. The smallest absolute Gasteiger partial charge is 0.416 e. The lowest BCUT2D eigenvalue weighted by atomic mass is 10.0. The quantitative estimate of drug-likeness (QED) is 0.238. The van der Waals surface area contributed by atoms with Gasteiger partial charge in [-0.15, -0.1) is 0 Å². The van der Waals surface area contributed by atoms with Crippen molar-refractivity contribution < 1.29 is 31.9 Å². The molecule has 3 aromatic rings. The minimum Gasteiger partial charge on any atom is -0.481 e. The standard InChI is InChI=1S/C29H34F5N7O2S.CH4/c1-17(2)21-4-3-6-41(21)15-22-25(18-12-19(29(32,33)34)14-20(30)13-18)37-28(44-22)38-26-24(31)27(36-16-35-26)40-10-8-39(9-11-40)7-5-23(42)43;/h12-14,16-17,21H,3-11,15H2,1-2H3,(H,42,43)(H,35,36,37,38);1H4/t21-;/m0./s1. The summed E-state index contributed by atoms with van der Waals surface area (Å²) in [7, 11) is 0. The predicted octanol–water partition coefficient (Wildman–Crippen LogP) is 6.49. The SMILES string of the molecule is C.CC(C)[C@@H]1CCCN1Cc1sc(Nc2ncnc(N3CCN(CCC(=O)O)CC3)c2F)nc1-c1cc(F)cc(C(F)(F)F)c1. The van der Waals surface area contributed by atoms with Crippen LogP contribution in [0.25, 0.3) is 11.3 Å². The summed E-state index contributed by atoms with van der Waals surface area (Å²) >= 11 is 1.16. The van der Waals surface area contributed by atoms with Crippen molar-refractivity contribution in [2.24, 2.45) is 5.92 Å². The van der Waals surface area contributed by atoms with E-state index in [0.29, 0.717) is 56.1 Å². The van der Waals surface area contributed by atoms with Crippen molar-refractivity contribution in [1.82, 2.24) is 24.8 Å². The fourth-order valence-electron chi connectivity index (χ4n) is 5.82. The van der Waals surface area contributed by atoms with E-state index in [1.165, 1.54) is 6.33 Å². The maximum Gasteiger partial charge on any atom is 0.416 e. The third kappa shape index (κ3) is 8.24. The number of nitrogens with zero attached hydrogens (tertiary/aromatic N) is 6. The van der Waals surface area contributed by atoms with Crippen LogP contribution in [0.5, 0.6) is 0 Å². The van der Waals surface area contributed by atoms with Crippen LogP contribution in [0, 0.1) is 17.6 Å². The molecule has 0 saturated carbocycles.